The van der Waals surface area contributed by atoms with Gasteiger partial charge >= 0.3 is 0 Å². The molecule has 0 spiro atoms. The number of carbonyl (C=O) groups is 3. The number of nitrogens with one attached hydrogen (secondary N) is 1. The van der Waals surface area contributed by atoms with Crippen molar-refractivity contribution < 1.29 is 31.9 Å². The van der Waals surface area contributed by atoms with E-state index >= 15 is 17.6 Å². The number of carbonyl (C=O) groups excluding carboxylic acids is 3. The van der Waals surface area contributed by atoms with Gasteiger partial charge in [0.1, 0.15) is 5.78 Å². The molecule has 1 aliphatic carbocycles. The Morgan fingerprint density at radius 1 is 0.860 bits per heavy atom. The van der Waals surface area contributed by atoms with Crippen LogP contribution in [0.2, 0.25) is 0 Å². The maximum absolute atomic E-state index is 15.1. The number of likely N-dealkylation sites (N-methyl/N-ethyl adjacent to an activating group) is 1. The minimum atomic E-state index is -3.71. The summed E-state index contributed by atoms with van der Waals surface area (Å²) in [5.41, 5.74) is 5.59. The average molecular weight is 794 g/mol. The highest BCUT2D eigenvalue weighted by molar-refractivity contribution is 6.02. The lowest BCUT2D eigenvalue weighted by atomic mass is 9.76. The van der Waals surface area contributed by atoms with E-state index in [1.807, 2.05) is 24.3 Å². The number of Topliss-reactive ketones (excluding diaryl/α,β-unsaturated/α-hetero) is 1. The summed E-state index contributed by atoms with van der Waals surface area (Å²) in [4.78, 5) is 47.1. The number of hydrogen-bond donors (Lipinski definition) is 2. The number of likely N-dealkylation sites (tertiary alicyclic amines) is 1. The molecule has 310 valence electrons. The van der Waals surface area contributed by atoms with Crippen molar-refractivity contribution in [1.29, 1.82) is 0 Å². The third-order valence-electron chi connectivity index (χ3n) is 13.2. The summed E-state index contributed by atoms with van der Waals surface area (Å²) < 4.78 is 60.3. The molecule has 12 heteroatoms. The van der Waals surface area contributed by atoms with Crippen LogP contribution in [-0.2, 0) is 32.6 Å². The van der Waals surface area contributed by atoms with Crippen LogP contribution in [0.4, 0.5) is 28.9 Å². The van der Waals surface area contributed by atoms with E-state index in [2.05, 4.69) is 35.3 Å². The molecule has 2 atom stereocenters. The van der Waals surface area contributed by atoms with Crippen LogP contribution in [0.5, 0.6) is 0 Å². The molecular weight excluding hydrogens is 735 g/mol. The monoisotopic (exact) mass is 793 g/mol. The van der Waals surface area contributed by atoms with Crippen LogP contribution < -0.4 is 11.1 Å². The number of hydrogen-bond acceptors (Lipinski definition) is 6. The van der Waals surface area contributed by atoms with Crippen LogP contribution in [0.15, 0.2) is 61.7 Å². The number of nitrogens with zero attached hydrogens (tertiary/aromatic N) is 3. The quantitative estimate of drug-likeness (QED) is 0.101. The third-order valence-corrected chi connectivity index (χ3v) is 13.2. The fraction of sp³-hybridized carbons (Fsp3) is 0.578. The Morgan fingerprint density at radius 3 is 2.04 bits per heavy atom. The number of fused-ring (bicyclic) bond motifs is 1. The molecule has 6 rings (SSSR count). The Kier molecular flexibility index (Phi) is 13.6. The van der Waals surface area contributed by atoms with Crippen molar-refractivity contribution >= 4 is 29.0 Å². The van der Waals surface area contributed by atoms with E-state index in [-0.39, 0.29) is 48.3 Å². The van der Waals surface area contributed by atoms with Crippen LogP contribution in [0.3, 0.4) is 0 Å². The number of ketones is 1. The maximum Gasteiger partial charge on any atom is 0.293 e. The Balaban J connectivity index is 1.10. The second kappa shape index (κ2) is 18.3. The first-order valence-electron chi connectivity index (χ1n) is 20.8. The number of nitrogens with two attached hydrogens (primary N) is 1. The third kappa shape index (κ3) is 10.2. The van der Waals surface area contributed by atoms with Gasteiger partial charge in [-0.15, -0.1) is 0 Å². The number of anilines is 2. The van der Waals surface area contributed by atoms with E-state index in [1.54, 1.807) is 4.90 Å². The van der Waals surface area contributed by atoms with Gasteiger partial charge in [-0.25, -0.2) is 0 Å². The van der Waals surface area contributed by atoms with Gasteiger partial charge in [0, 0.05) is 80.9 Å². The highest BCUT2D eigenvalue weighted by Gasteiger charge is 2.39. The van der Waals surface area contributed by atoms with Crippen molar-refractivity contribution in [3.05, 3.63) is 84.0 Å². The van der Waals surface area contributed by atoms with Crippen LogP contribution in [0.25, 0.3) is 0 Å². The van der Waals surface area contributed by atoms with Crippen molar-refractivity contribution in [2.45, 2.75) is 101 Å². The van der Waals surface area contributed by atoms with Gasteiger partial charge in [0.05, 0.1) is 11.6 Å². The number of rotatable bonds is 16. The predicted molar refractivity (Wildman–Crippen MR) is 216 cm³/mol. The Hall–Kier alpha value is -4.03. The van der Waals surface area contributed by atoms with Crippen molar-refractivity contribution in [3.63, 3.8) is 0 Å². The number of piperazine rings is 1. The molecule has 4 aliphatic rings. The summed E-state index contributed by atoms with van der Waals surface area (Å²) in [5.74, 6) is -7.84. The van der Waals surface area contributed by atoms with Gasteiger partial charge in [-0.1, -0.05) is 57.0 Å². The van der Waals surface area contributed by atoms with E-state index in [0.29, 0.717) is 49.5 Å². The van der Waals surface area contributed by atoms with Crippen molar-refractivity contribution in [2.24, 2.45) is 17.8 Å². The minimum Gasteiger partial charge on any atom is -0.398 e. The summed E-state index contributed by atoms with van der Waals surface area (Å²) in [7, 11) is 2.11. The maximum atomic E-state index is 15.1. The summed E-state index contributed by atoms with van der Waals surface area (Å²) >= 11 is 0. The van der Waals surface area contributed by atoms with E-state index in [1.165, 1.54) is 0 Å². The number of piperidine rings is 1. The average Bonchev–Trinajstić information content (AvgIpc) is 3.54. The standard InChI is InChI=1S/C45H59F4N5O3/c1-4-44(46,47)38-27-32(28-39(41(38)50)45(48,49)5-2)26-33(43(57)54-20-18-34(19-21-54)53-24-22-52(3)23-25-53)29-35(55)16-14-30-10-12-31(13-11-30)15-17-37-36-8-6-7-9-40(36)51-42(37)56/h4-9,27-28,30-31,33-34,37H,1-2,10-26,29,50H2,3H3,(H,51,56)/t30?,31?,33-,37?/m0/s1. The molecular formula is C45H59F4N5O3. The predicted octanol–water partition coefficient (Wildman–Crippen LogP) is 8.28. The first kappa shape index (κ1) is 42.6. The van der Waals surface area contributed by atoms with E-state index < -0.39 is 34.6 Å². The molecule has 2 amide bonds. The molecule has 2 saturated heterocycles. The molecule has 2 aromatic rings. The number of amides is 2. The molecule has 3 aliphatic heterocycles. The van der Waals surface area contributed by atoms with Gasteiger partial charge in [-0.3, -0.25) is 19.3 Å². The van der Waals surface area contributed by atoms with E-state index in [0.717, 1.165) is 101 Å². The number of allylic oxidation sites excluding steroid dienone is 2. The van der Waals surface area contributed by atoms with Gasteiger partial charge in [0.15, 0.2) is 0 Å². The molecule has 3 fully saturated rings. The largest absolute Gasteiger partial charge is 0.398 e. The van der Waals surface area contributed by atoms with E-state index in [9.17, 15) is 14.4 Å². The van der Waals surface area contributed by atoms with Crippen molar-refractivity contribution in [2.75, 3.05) is 57.4 Å². The highest BCUT2D eigenvalue weighted by atomic mass is 19.3. The summed E-state index contributed by atoms with van der Waals surface area (Å²) in [5, 5.41) is 2.99. The number of benzene rings is 2. The first-order chi connectivity index (χ1) is 27.2. The second-order valence-electron chi connectivity index (χ2n) is 16.9. The molecule has 2 aromatic carbocycles. The fourth-order valence-electron chi connectivity index (χ4n) is 9.55. The number of para-hydroxylation sites is 1. The molecule has 1 unspecified atom stereocenters. The topological polar surface area (TPSA) is 99.0 Å². The van der Waals surface area contributed by atoms with Gasteiger partial charge < -0.3 is 20.9 Å². The van der Waals surface area contributed by atoms with Crippen LogP contribution in [0.1, 0.15) is 98.8 Å². The molecule has 57 heavy (non-hydrogen) atoms. The lowest BCUT2D eigenvalue weighted by Gasteiger charge is -2.42. The van der Waals surface area contributed by atoms with Gasteiger partial charge in [0.25, 0.3) is 11.8 Å². The van der Waals surface area contributed by atoms with Crippen molar-refractivity contribution in [1.82, 2.24) is 14.7 Å². The molecule has 0 aromatic heterocycles. The Morgan fingerprint density at radius 2 is 1.44 bits per heavy atom. The van der Waals surface area contributed by atoms with Crippen LogP contribution >= 0.6 is 0 Å². The van der Waals surface area contributed by atoms with Crippen LogP contribution in [-0.4, -0.2) is 84.7 Å². The zero-order valence-electron chi connectivity index (χ0n) is 33.3. The normalized spacial score (nSPS) is 23.1. The smallest absolute Gasteiger partial charge is 0.293 e. The molecule has 1 saturated carbocycles. The molecule has 3 N–H and O–H groups in total. The molecule has 0 bridgehead atoms. The number of halogens is 4. The minimum absolute atomic E-state index is 0.0667. The Labute approximate surface area is 334 Å². The number of alkyl halides is 4. The van der Waals surface area contributed by atoms with Crippen LogP contribution in [0, 0.1) is 17.8 Å². The van der Waals surface area contributed by atoms with Gasteiger partial charge in [-0.05, 0) is 98.9 Å². The Bertz CT molecular complexity index is 1740. The summed E-state index contributed by atoms with van der Waals surface area (Å²) in [6.07, 6.45) is 8.81. The van der Waals surface area contributed by atoms with Crippen molar-refractivity contribution in [3.8, 4) is 0 Å². The van der Waals surface area contributed by atoms with Gasteiger partial charge in [0.2, 0.25) is 11.8 Å². The second-order valence-corrected chi connectivity index (χ2v) is 16.9. The summed E-state index contributed by atoms with van der Waals surface area (Å²) in [6, 6.07) is 10.3. The zero-order valence-corrected chi connectivity index (χ0v) is 33.3. The SMILES string of the molecule is C=CC(F)(F)c1cc(C[C@@H](CC(=O)CCC2CCC(CCC3C(=O)Nc4ccccc43)CC2)C(=O)N2CCC(N3CCN(C)CC3)CC2)cc(C(F)(F)C=C)c1N. The van der Waals surface area contributed by atoms with Gasteiger partial charge in [-0.2, -0.15) is 17.6 Å². The first-order valence-corrected chi connectivity index (χ1v) is 20.8. The molecule has 0 radical (unpaired) electrons. The van der Waals surface area contributed by atoms with E-state index in [4.69, 9.17) is 5.73 Å². The lowest BCUT2D eigenvalue weighted by molar-refractivity contribution is -0.139. The zero-order chi connectivity index (χ0) is 40.9. The fourth-order valence-corrected chi connectivity index (χ4v) is 9.55. The highest BCUT2D eigenvalue weighted by Crippen LogP contribution is 2.43. The number of nitrogen functional groups attached to an aromatic ring is 1. The lowest BCUT2D eigenvalue weighted by Crippen LogP contribution is -2.53. The molecule has 8 nitrogen and oxygen atoms in total. The summed E-state index contributed by atoms with van der Waals surface area (Å²) in [6.45, 7) is 11.3. The molecule has 3 heterocycles.